The smallest absolute Gasteiger partial charge is 0.152 e. The van der Waals surface area contributed by atoms with Gasteiger partial charge in [-0.05, 0) is 52.6 Å². The summed E-state index contributed by atoms with van der Waals surface area (Å²) in [6, 6.07) is 0. The van der Waals surface area contributed by atoms with Crippen LogP contribution < -0.4 is 0 Å². The first-order valence-electron chi connectivity index (χ1n) is 6.41. The molecule has 5 heteroatoms. The Morgan fingerprint density at radius 2 is 1.94 bits per heavy atom. The van der Waals surface area contributed by atoms with Gasteiger partial charge in [-0.15, -0.1) is 0 Å². The average molecular weight is 263 g/mol. The van der Waals surface area contributed by atoms with Crippen LogP contribution in [0, 0.1) is 5.92 Å². The molecule has 4 nitrogen and oxygen atoms in total. The minimum atomic E-state index is -2.92. The first-order chi connectivity index (χ1) is 7.83. The van der Waals surface area contributed by atoms with Gasteiger partial charge in [0.05, 0.1) is 17.1 Å². The van der Waals surface area contributed by atoms with E-state index in [0.29, 0.717) is 18.9 Å². The zero-order chi connectivity index (χ0) is 13.1. The number of likely N-dealkylation sites (N-methyl/N-ethyl adjacent to an activating group) is 1. The fourth-order valence-electron chi connectivity index (χ4n) is 1.81. The number of rotatable bonds is 8. The van der Waals surface area contributed by atoms with Crippen molar-refractivity contribution in [2.24, 2.45) is 5.92 Å². The van der Waals surface area contributed by atoms with Crippen LogP contribution in [0.1, 0.15) is 33.1 Å². The van der Waals surface area contributed by atoms with Crippen molar-refractivity contribution < 1.29 is 13.5 Å². The Labute approximate surface area is 105 Å². The average Bonchev–Trinajstić information content (AvgIpc) is 2.99. The molecule has 1 rings (SSSR count). The third-order valence-electron chi connectivity index (χ3n) is 3.35. The van der Waals surface area contributed by atoms with Gasteiger partial charge in [-0.25, -0.2) is 8.42 Å². The molecule has 0 aromatic carbocycles. The minimum Gasteiger partial charge on any atom is -0.392 e. The van der Waals surface area contributed by atoms with Gasteiger partial charge in [0.15, 0.2) is 9.84 Å². The van der Waals surface area contributed by atoms with Crippen LogP contribution in [0.5, 0.6) is 0 Å². The quantitative estimate of drug-likeness (QED) is 0.707. The van der Waals surface area contributed by atoms with Crippen LogP contribution in [0.3, 0.4) is 0 Å². The maximum absolute atomic E-state index is 11.6. The summed E-state index contributed by atoms with van der Waals surface area (Å²) in [6.07, 6.45) is 2.68. The number of sulfone groups is 1. The number of nitrogens with zero attached hydrogens (tertiary/aromatic N) is 1. The lowest BCUT2D eigenvalue weighted by Crippen LogP contribution is -2.32. The standard InChI is InChI=1S/C12H25NO3S/c1-10(2)17(15,16)8-4-7-13(3)9-12(14)11-5-6-11/h10-12,14H,4-9H2,1-3H3. The van der Waals surface area contributed by atoms with Crippen molar-refractivity contribution in [2.45, 2.75) is 44.5 Å². The van der Waals surface area contributed by atoms with Crippen LogP contribution in [0.15, 0.2) is 0 Å². The highest BCUT2D eigenvalue weighted by Gasteiger charge is 2.30. The summed E-state index contributed by atoms with van der Waals surface area (Å²) in [5, 5.41) is 9.46. The van der Waals surface area contributed by atoms with Gasteiger partial charge in [-0.2, -0.15) is 0 Å². The normalized spacial score (nSPS) is 18.9. The summed E-state index contributed by atoms with van der Waals surface area (Å²) >= 11 is 0. The molecule has 1 N–H and O–H groups in total. The summed E-state index contributed by atoms with van der Waals surface area (Å²) in [4.78, 5) is 2.03. The van der Waals surface area contributed by atoms with Crippen molar-refractivity contribution in [1.29, 1.82) is 0 Å². The number of hydrogen-bond acceptors (Lipinski definition) is 4. The molecule has 1 aliphatic carbocycles. The highest BCUT2D eigenvalue weighted by Crippen LogP contribution is 2.32. The topological polar surface area (TPSA) is 57.6 Å². The van der Waals surface area contributed by atoms with E-state index in [-0.39, 0.29) is 17.1 Å². The molecular weight excluding hydrogens is 238 g/mol. The van der Waals surface area contributed by atoms with Crippen molar-refractivity contribution in [3.8, 4) is 0 Å². The highest BCUT2D eigenvalue weighted by atomic mass is 32.2. The molecule has 0 bridgehead atoms. The van der Waals surface area contributed by atoms with E-state index in [1.54, 1.807) is 13.8 Å². The van der Waals surface area contributed by atoms with E-state index >= 15 is 0 Å². The maximum Gasteiger partial charge on any atom is 0.152 e. The van der Waals surface area contributed by atoms with Crippen molar-refractivity contribution in [3.63, 3.8) is 0 Å². The van der Waals surface area contributed by atoms with Gasteiger partial charge < -0.3 is 10.0 Å². The summed E-state index contributed by atoms with van der Waals surface area (Å²) < 4.78 is 23.2. The molecule has 0 spiro atoms. The molecule has 0 saturated heterocycles. The largest absolute Gasteiger partial charge is 0.392 e. The van der Waals surface area contributed by atoms with Gasteiger partial charge in [0.2, 0.25) is 0 Å². The van der Waals surface area contributed by atoms with Crippen LogP contribution in [0.2, 0.25) is 0 Å². The maximum atomic E-state index is 11.6. The first kappa shape index (κ1) is 14.9. The first-order valence-corrected chi connectivity index (χ1v) is 8.12. The van der Waals surface area contributed by atoms with Gasteiger partial charge in [0.1, 0.15) is 0 Å². The zero-order valence-electron chi connectivity index (χ0n) is 11.1. The van der Waals surface area contributed by atoms with E-state index in [1.165, 1.54) is 0 Å². The molecule has 1 saturated carbocycles. The summed E-state index contributed by atoms with van der Waals surface area (Å²) in [5.41, 5.74) is 0. The van der Waals surface area contributed by atoms with E-state index in [9.17, 15) is 13.5 Å². The van der Waals surface area contributed by atoms with Crippen LogP contribution in [-0.4, -0.2) is 55.7 Å². The van der Waals surface area contributed by atoms with Gasteiger partial charge in [0, 0.05) is 6.54 Å². The third kappa shape index (κ3) is 5.36. The van der Waals surface area contributed by atoms with Crippen LogP contribution in [0.4, 0.5) is 0 Å². The number of aliphatic hydroxyl groups excluding tert-OH is 1. The van der Waals surface area contributed by atoms with E-state index in [0.717, 1.165) is 19.4 Å². The number of aliphatic hydroxyl groups is 1. The molecule has 0 aromatic heterocycles. The molecule has 0 aliphatic heterocycles. The fourth-order valence-corrected chi connectivity index (χ4v) is 2.81. The Morgan fingerprint density at radius 3 is 2.41 bits per heavy atom. The Kier molecular flexibility index (Phi) is 5.41. The fraction of sp³-hybridized carbons (Fsp3) is 1.00. The molecule has 0 heterocycles. The molecule has 1 atom stereocenters. The molecular formula is C12H25NO3S. The van der Waals surface area contributed by atoms with E-state index < -0.39 is 9.84 Å². The summed E-state index contributed by atoms with van der Waals surface area (Å²) in [5.74, 6) is 0.728. The molecule has 17 heavy (non-hydrogen) atoms. The number of hydrogen-bond donors (Lipinski definition) is 1. The Bertz CT molecular complexity index is 323. The second-order valence-electron chi connectivity index (χ2n) is 5.44. The molecule has 0 aromatic rings. The van der Waals surface area contributed by atoms with E-state index in [4.69, 9.17) is 0 Å². The van der Waals surface area contributed by atoms with Gasteiger partial charge >= 0.3 is 0 Å². The Morgan fingerprint density at radius 1 is 1.35 bits per heavy atom. The van der Waals surface area contributed by atoms with Crippen LogP contribution >= 0.6 is 0 Å². The predicted molar refractivity (Wildman–Crippen MR) is 69.8 cm³/mol. The van der Waals surface area contributed by atoms with E-state index in [2.05, 4.69) is 0 Å². The van der Waals surface area contributed by atoms with E-state index in [1.807, 2.05) is 11.9 Å². The van der Waals surface area contributed by atoms with Gasteiger partial charge in [-0.1, -0.05) is 0 Å². The summed E-state index contributed by atoms with van der Waals surface area (Å²) in [7, 11) is -0.977. The van der Waals surface area contributed by atoms with Crippen molar-refractivity contribution in [3.05, 3.63) is 0 Å². The lowest BCUT2D eigenvalue weighted by atomic mass is 10.2. The van der Waals surface area contributed by atoms with Crippen molar-refractivity contribution in [2.75, 3.05) is 25.9 Å². The third-order valence-corrected chi connectivity index (χ3v) is 5.65. The monoisotopic (exact) mass is 263 g/mol. The molecule has 0 amide bonds. The van der Waals surface area contributed by atoms with Gasteiger partial charge in [-0.3, -0.25) is 0 Å². The zero-order valence-corrected chi connectivity index (χ0v) is 11.9. The minimum absolute atomic E-state index is 0.235. The Balaban J connectivity index is 2.17. The molecule has 1 fully saturated rings. The molecule has 1 aliphatic rings. The van der Waals surface area contributed by atoms with Crippen molar-refractivity contribution >= 4 is 9.84 Å². The van der Waals surface area contributed by atoms with Gasteiger partial charge in [0.25, 0.3) is 0 Å². The Hall–Kier alpha value is -0.130. The summed E-state index contributed by atoms with van der Waals surface area (Å²) in [6.45, 7) is 4.83. The second kappa shape index (κ2) is 6.16. The molecule has 0 radical (unpaired) electrons. The molecule has 1 unspecified atom stereocenters. The second-order valence-corrected chi connectivity index (χ2v) is 8.11. The lowest BCUT2D eigenvalue weighted by Gasteiger charge is -2.20. The SMILES string of the molecule is CC(C)S(=O)(=O)CCCN(C)CC(O)C1CC1. The van der Waals surface area contributed by atoms with Crippen LogP contribution in [0.25, 0.3) is 0 Å². The highest BCUT2D eigenvalue weighted by molar-refractivity contribution is 7.91. The van der Waals surface area contributed by atoms with Crippen LogP contribution in [-0.2, 0) is 9.84 Å². The predicted octanol–water partition coefficient (Wildman–Crippen LogP) is 0.902. The van der Waals surface area contributed by atoms with Crippen molar-refractivity contribution in [1.82, 2.24) is 4.90 Å². The molecule has 102 valence electrons. The lowest BCUT2D eigenvalue weighted by molar-refractivity contribution is 0.107.